The number of amides is 1. The molecule has 1 aliphatic rings. The van der Waals surface area contributed by atoms with Crippen molar-refractivity contribution in [3.05, 3.63) is 0 Å². The molecule has 4 heteroatoms. The van der Waals surface area contributed by atoms with Crippen LogP contribution in [-0.4, -0.2) is 29.7 Å². The van der Waals surface area contributed by atoms with E-state index >= 15 is 0 Å². The van der Waals surface area contributed by atoms with Crippen LogP contribution in [0.5, 0.6) is 0 Å². The summed E-state index contributed by atoms with van der Waals surface area (Å²) in [6.45, 7) is 3.96. The molecule has 15 heavy (non-hydrogen) atoms. The molecule has 1 aliphatic carbocycles. The summed E-state index contributed by atoms with van der Waals surface area (Å²) in [5.41, 5.74) is 4.98. The summed E-state index contributed by atoms with van der Waals surface area (Å²) in [6, 6.07) is -0.0860. The van der Waals surface area contributed by atoms with Crippen molar-refractivity contribution in [2.75, 3.05) is 6.54 Å². The van der Waals surface area contributed by atoms with Gasteiger partial charge in [0.2, 0.25) is 5.91 Å². The van der Waals surface area contributed by atoms with E-state index in [1.54, 1.807) is 0 Å². The maximum atomic E-state index is 11.8. The van der Waals surface area contributed by atoms with Crippen LogP contribution in [0.25, 0.3) is 0 Å². The number of hydrogen-bond donors (Lipinski definition) is 3. The highest BCUT2D eigenvalue weighted by atomic mass is 16.3. The van der Waals surface area contributed by atoms with Crippen LogP contribution in [0.4, 0.5) is 0 Å². The van der Waals surface area contributed by atoms with Crippen molar-refractivity contribution in [2.24, 2.45) is 11.1 Å². The molecule has 0 saturated heterocycles. The van der Waals surface area contributed by atoms with E-state index in [1.807, 2.05) is 13.8 Å². The zero-order chi connectivity index (χ0) is 11.5. The second kappa shape index (κ2) is 4.94. The Morgan fingerprint density at radius 2 is 2.07 bits per heavy atom. The molecule has 0 heterocycles. The number of aliphatic hydroxyl groups excluding tert-OH is 1. The Morgan fingerprint density at radius 1 is 1.47 bits per heavy atom. The monoisotopic (exact) mass is 214 g/mol. The summed E-state index contributed by atoms with van der Waals surface area (Å²) in [5.74, 6) is -0.0593. The number of hydrogen-bond acceptors (Lipinski definition) is 3. The fourth-order valence-corrected chi connectivity index (χ4v) is 1.74. The number of nitrogens with one attached hydrogen (secondary N) is 1. The van der Waals surface area contributed by atoms with Crippen LogP contribution >= 0.6 is 0 Å². The van der Waals surface area contributed by atoms with Gasteiger partial charge in [-0.3, -0.25) is 4.79 Å². The van der Waals surface area contributed by atoms with Gasteiger partial charge in [0.1, 0.15) is 0 Å². The van der Waals surface area contributed by atoms with Gasteiger partial charge >= 0.3 is 0 Å². The molecule has 0 spiro atoms. The number of carbonyl (C=O) groups is 1. The first-order chi connectivity index (χ1) is 6.97. The van der Waals surface area contributed by atoms with Gasteiger partial charge in [-0.05, 0) is 26.7 Å². The van der Waals surface area contributed by atoms with Crippen molar-refractivity contribution in [1.82, 2.24) is 5.32 Å². The highest BCUT2D eigenvalue weighted by Gasteiger charge is 2.31. The molecule has 0 bridgehead atoms. The highest BCUT2D eigenvalue weighted by Crippen LogP contribution is 2.20. The minimum Gasteiger partial charge on any atom is -0.391 e. The van der Waals surface area contributed by atoms with Crippen LogP contribution in [0.15, 0.2) is 0 Å². The Labute approximate surface area is 91.2 Å². The summed E-state index contributed by atoms with van der Waals surface area (Å²) in [5, 5.41) is 12.6. The molecule has 4 N–H and O–H groups in total. The fraction of sp³-hybridized carbons (Fsp3) is 0.909. The summed E-state index contributed by atoms with van der Waals surface area (Å²) in [4.78, 5) is 11.8. The van der Waals surface area contributed by atoms with Gasteiger partial charge in [-0.25, -0.2) is 0 Å². The molecular weight excluding hydrogens is 192 g/mol. The first-order valence-corrected chi connectivity index (χ1v) is 5.66. The molecule has 1 saturated carbocycles. The van der Waals surface area contributed by atoms with Crippen LogP contribution in [0.3, 0.4) is 0 Å². The van der Waals surface area contributed by atoms with E-state index in [-0.39, 0.29) is 11.9 Å². The molecule has 4 nitrogen and oxygen atoms in total. The number of carbonyl (C=O) groups excluding carboxylic acids is 1. The predicted octanol–water partition coefficient (Wildman–Crippen LogP) is 0.391. The molecule has 0 aromatic rings. The van der Waals surface area contributed by atoms with Crippen LogP contribution in [-0.2, 0) is 4.79 Å². The van der Waals surface area contributed by atoms with Crippen molar-refractivity contribution in [3.8, 4) is 0 Å². The largest absolute Gasteiger partial charge is 0.391 e. The smallest absolute Gasteiger partial charge is 0.227 e. The van der Waals surface area contributed by atoms with E-state index in [9.17, 15) is 9.90 Å². The molecule has 0 aromatic heterocycles. The van der Waals surface area contributed by atoms with Gasteiger partial charge < -0.3 is 16.2 Å². The lowest BCUT2D eigenvalue weighted by atomic mass is 9.89. The molecule has 1 rings (SSSR count). The van der Waals surface area contributed by atoms with Crippen LogP contribution in [0.1, 0.15) is 39.5 Å². The quantitative estimate of drug-likeness (QED) is 0.636. The summed E-state index contributed by atoms with van der Waals surface area (Å²) >= 11 is 0. The maximum absolute atomic E-state index is 11.8. The standard InChI is InChI=1S/C11H22N2O2/c1-11(2,7-12)10(15)13-8-5-3-4-6-9(8)14/h8-9,14H,3-7,12H2,1-2H3,(H,13,15). The molecule has 2 unspecified atom stereocenters. The molecule has 2 atom stereocenters. The van der Waals surface area contributed by atoms with E-state index < -0.39 is 11.5 Å². The number of aliphatic hydroxyl groups is 1. The van der Waals surface area contributed by atoms with Crippen molar-refractivity contribution < 1.29 is 9.90 Å². The molecule has 0 aromatic carbocycles. The lowest BCUT2D eigenvalue weighted by Crippen LogP contribution is -2.51. The van der Waals surface area contributed by atoms with Gasteiger partial charge in [-0.1, -0.05) is 12.8 Å². The Bertz CT molecular complexity index is 229. The lowest BCUT2D eigenvalue weighted by Gasteiger charge is -2.31. The fourth-order valence-electron chi connectivity index (χ4n) is 1.74. The molecule has 1 amide bonds. The topological polar surface area (TPSA) is 75.4 Å². The zero-order valence-electron chi connectivity index (χ0n) is 9.62. The van der Waals surface area contributed by atoms with Gasteiger partial charge in [-0.15, -0.1) is 0 Å². The summed E-state index contributed by atoms with van der Waals surface area (Å²) < 4.78 is 0. The Balaban J connectivity index is 2.50. The minimum atomic E-state index is -0.544. The molecule has 0 aliphatic heterocycles. The maximum Gasteiger partial charge on any atom is 0.227 e. The predicted molar refractivity (Wildman–Crippen MR) is 59.2 cm³/mol. The third-order valence-corrected chi connectivity index (χ3v) is 3.17. The van der Waals surface area contributed by atoms with E-state index in [4.69, 9.17) is 5.73 Å². The van der Waals surface area contributed by atoms with Crippen molar-refractivity contribution in [3.63, 3.8) is 0 Å². The Morgan fingerprint density at radius 3 is 2.60 bits per heavy atom. The minimum absolute atomic E-state index is 0.0593. The van der Waals surface area contributed by atoms with Gasteiger partial charge in [0, 0.05) is 6.54 Å². The lowest BCUT2D eigenvalue weighted by molar-refractivity contribution is -0.130. The first-order valence-electron chi connectivity index (χ1n) is 5.66. The summed E-state index contributed by atoms with van der Waals surface area (Å²) in [7, 11) is 0. The first kappa shape index (κ1) is 12.5. The average Bonchev–Trinajstić information content (AvgIpc) is 2.21. The summed E-state index contributed by atoms with van der Waals surface area (Å²) in [6.07, 6.45) is 3.39. The van der Waals surface area contributed by atoms with Gasteiger partial charge in [0.05, 0.1) is 17.6 Å². The van der Waals surface area contributed by atoms with E-state index in [2.05, 4.69) is 5.32 Å². The molecule has 88 valence electrons. The Hall–Kier alpha value is -0.610. The van der Waals surface area contributed by atoms with Crippen LogP contribution in [0, 0.1) is 5.41 Å². The Kier molecular flexibility index (Phi) is 4.11. The van der Waals surface area contributed by atoms with Gasteiger partial charge in [-0.2, -0.15) is 0 Å². The molecular formula is C11H22N2O2. The van der Waals surface area contributed by atoms with Crippen molar-refractivity contribution in [2.45, 2.75) is 51.7 Å². The van der Waals surface area contributed by atoms with Crippen LogP contribution < -0.4 is 11.1 Å². The van der Waals surface area contributed by atoms with Crippen molar-refractivity contribution in [1.29, 1.82) is 0 Å². The van der Waals surface area contributed by atoms with Gasteiger partial charge in [0.25, 0.3) is 0 Å². The SMILES string of the molecule is CC(C)(CN)C(=O)NC1CCCCC1O. The van der Waals surface area contributed by atoms with E-state index in [0.29, 0.717) is 6.54 Å². The second-order valence-electron chi connectivity index (χ2n) is 5.02. The van der Waals surface area contributed by atoms with E-state index in [1.165, 1.54) is 0 Å². The normalized spacial score (nSPS) is 27.5. The molecule has 0 radical (unpaired) electrons. The number of nitrogens with two attached hydrogens (primary N) is 1. The molecule has 1 fully saturated rings. The third kappa shape index (κ3) is 3.18. The van der Waals surface area contributed by atoms with Crippen LogP contribution in [0.2, 0.25) is 0 Å². The van der Waals surface area contributed by atoms with E-state index in [0.717, 1.165) is 25.7 Å². The van der Waals surface area contributed by atoms with Gasteiger partial charge in [0.15, 0.2) is 0 Å². The zero-order valence-corrected chi connectivity index (χ0v) is 9.62. The highest BCUT2D eigenvalue weighted by molar-refractivity contribution is 5.82. The third-order valence-electron chi connectivity index (χ3n) is 3.17. The average molecular weight is 214 g/mol. The number of rotatable bonds is 3. The second-order valence-corrected chi connectivity index (χ2v) is 5.02. The van der Waals surface area contributed by atoms with Crippen molar-refractivity contribution >= 4 is 5.91 Å².